The molecule has 0 saturated heterocycles. The van der Waals surface area contributed by atoms with Crippen LogP contribution in [0.3, 0.4) is 0 Å². The third kappa shape index (κ3) is 1.95. The number of fused-ring (bicyclic) bond motifs is 1. The predicted octanol–water partition coefficient (Wildman–Crippen LogP) is 4.03. The molecule has 0 heterocycles. The fraction of sp³-hybridized carbons (Fsp3) is 0.438. The highest BCUT2D eigenvalue weighted by Crippen LogP contribution is 2.41. The average Bonchev–Trinajstić information content (AvgIpc) is 2.35. The van der Waals surface area contributed by atoms with E-state index < -0.39 is 0 Å². The van der Waals surface area contributed by atoms with Gasteiger partial charge in [0.15, 0.2) is 5.78 Å². The van der Waals surface area contributed by atoms with Crippen LogP contribution in [0.2, 0.25) is 0 Å². The molecule has 0 radical (unpaired) electrons. The molecular formula is C16H20O. The van der Waals surface area contributed by atoms with Gasteiger partial charge in [0.05, 0.1) is 0 Å². The van der Waals surface area contributed by atoms with Gasteiger partial charge in [-0.15, -0.1) is 0 Å². The Labute approximate surface area is 104 Å². The van der Waals surface area contributed by atoms with E-state index in [1.165, 1.54) is 5.56 Å². The van der Waals surface area contributed by atoms with Gasteiger partial charge in [0, 0.05) is 11.0 Å². The Morgan fingerprint density at radius 1 is 1.35 bits per heavy atom. The van der Waals surface area contributed by atoms with Crippen molar-refractivity contribution in [3.63, 3.8) is 0 Å². The number of carbonyl (C=O) groups is 1. The van der Waals surface area contributed by atoms with Crippen molar-refractivity contribution in [2.24, 2.45) is 11.3 Å². The number of carbonyl (C=O) groups excluding carboxylic acids is 1. The molecule has 1 aliphatic carbocycles. The van der Waals surface area contributed by atoms with Crippen molar-refractivity contribution < 1.29 is 4.79 Å². The van der Waals surface area contributed by atoms with Crippen LogP contribution in [0.5, 0.6) is 0 Å². The molecule has 2 unspecified atom stereocenters. The summed E-state index contributed by atoms with van der Waals surface area (Å²) in [7, 11) is 0. The summed E-state index contributed by atoms with van der Waals surface area (Å²) in [6.07, 6.45) is 6.16. The number of aryl methyl sites for hydroxylation is 1. The molecule has 90 valence electrons. The first kappa shape index (κ1) is 12.1. The summed E-state index contributed by atoms with van der Waals surface area (Å²) < 4.78 is 0. The van der Waals surface area contributed by atoms with Crippen LogP contribution < -0.4 is 0 Å². The zero-order valence-electron chi connectivity index (χ0n) is 10.9. The lowest BCUT2D eigenvalue weighted by molar-refractivity contribution is 0.0722. The lowest BCUT2D eigenvalue weighted by atomic mass is 9.65. The third-order valence-electron chi connectivity index (χ3n) is 4.18. The number of hydrogen-bond acceptors (Lipinski definition) is 1. The van der Waals surface area contributed by atoms with E-state index in [4.69, 9.17) is 0 Å². The highest BCUT2D eigenvalue weighted by atomic mass is 16.1. The molecular weight excluding hydrogens is 208 g/mol. The molecule has 1 heteroatoms. The zero-order valence-corrected chi connectivity index (χ0v) is 10.9. The van der Waals surface area contributed by atoms with Crippen molar-refractivity contribution in [1.82, 2.24) is 0 Å². The largest absolute Gasteiger partial charge is 0.294 e. The third-order valence-corrected chi connectivity index (χ3v) is 4.18. The minimum atomic E-state index is -0.235. The standard InChI is InChI=1S/C16H20O/c1-4-7-12(2)16(3)11-10-13-8-5-6-9-14(13)15(16)17/h4-9,12H,10-11H2,1-3H3/b7-4+. The van der Waals surface area contributed by atoms with E-state index in [0.29, 0.717) is 11.7 Å². The first-order valence-electron chi connectivity index (χ1n) is 6.35. The Hall–Kier alpha value is -1.37. The molecule has 0 aliphatic heterocycles. The summed E-state index contributed by atoms with van der Waals surface area (Å²) in [6.45, 7) is 6.27. The Morgan fingerprint density at radius 3 is 2.76 bits per heavy atom. The van der Waals surface area contributed by atoms with E-state index in [1.54, 1.807) is 0 Å². The maximum absolute atomic E-state index is 12.6. The van der Waals surface area contributed by atoms with Crippen molar-refractivity contribution in [2.75, 3.05) is 0 Å². The van der Waals surface area contributed by atoms with Crippen molar-refractivity contribution >= 4 is 5.78 Å². The van der Waals surface area contributed by atoms with Crippen LogP contribution in [-0.4, -0.2) is 5.78 Å². The predicted molar refractivity (Wildman–Crippen MR) is 71.2 cm³/mol. The number of allylic oxidation sites excluding steroid dienone is 2. The highest BCUT2D eigenvalue weighted by Gasteiger charge is 2.41. The Morgan fingerprint density at radius 2 is 2.06 bits per heavy atom. The molecule has 0 bridgehead atoms. The summed E-state index contributed by atoms with van der Waals surface area (Å²) in [5.41, 5.74) is 1.90. The molecule has 0 spiro atoms. The van der Waals surface area contributed by atoms with Crippen molar-refractivity contribution in [3.8, 4) is 0 Å². The normalized spacial score (nSPS) is 25.9. The van der Waals surface area contributed by atoms with E-state index in [2.05, 4.69) is 26.0 Å². The number of ketones is 1. The molecule has 2 atom stereocenters. The van der Waals surface area contributed by atoms with Crippen LogP contribution in [0.4, 0.5) is 0 Å². The molecule has 1 aliphatic rings. The van der Waals surface area contributed by atoms with Gasteiger partial charge in [-0.3, -0.25) is 4.79 Å². The molecule has 0 N–H and O–H groups in total. The maximum atomic E-state index is 12.6. The molecule has 0 fully saturated rings. The van der Waals surface area contributed by atoms with E-state index in [1.807, 2.05) is 31.2 Å². The lowest BCUT2D eigenvalue weighted by Gasteiger charge is -2.37. The minimum Gasteiger partial charge on any atom is -0.294 e. The highest BCUT2D eigenvalue weighted by molar-refractivity contribution is 6.02. The van der Waals surface area contributed by atoms with E-state index in [-0.39, 0.29) is 5.41 Å². The fourth-order valence-corrected chi connectivity index (χ4v) is 2.71. The summed E-state index contributed by atoms with van der Waals surface area (Å²) in [4.78, 5) is 12.6. The van der Waals surface area contributed by atoms with Gasteiger partial charge in [-0.1, -0.05) is 50.3 Å². The second-order valence-electron chi connectivity index (χ2n) is 5.22. The van der Waals surface area contributed by atoms with Crippen LogP contribution in [0, 0.1) is 11.3 Å². The van der Waals surface area contributed by atoms with Gasteiger partial charge >= 0.3 is 0 Å². The summed E-state index contributed by atoms with van der Waals surface area (Å²) in [5.74, 6) is 0.610. The molecule has 1 aromatic carbocycles. The SMILES string of the molecule is C/C=C/C(C)C1(C)CCc2ccccc2C1=O. The molecule has 0 saturated carbocycles. The average molecular weight is 228 g/mol. The van der Waals surface area contributed by atoms with E-state index in [9.17, 15) is 4.79 Å². The Bertz CT molecular complexity index is 458. The van der Waals surface area contributed by atoms with Gasteiger partial charge in [-0.2, -0.15) is 0 Å². The van der Waals surface area contributed by atoms with Gasteiger partial charge in [-0.05, 0) is 31.2 Å². The molecule has 17 heavy (non-hydrogen) atoms. The Balaban J connectivity index is 2.40. The van der Waals surface area contributed by atoms with Crippen molar-refractivity contribution in [3.05, 3.63) is 47.5 Å². The smallest absolute Gasteiger partial charge is 0.169 e. The quantitative estimate of drug-likeness (QED) is 0.698. The van der Waals surface area contributed by atoms with E-state index in [0.717, 1.165) is 18.4 Å². The number of hydrogen-bond donors (Lipinski definition) is 0. The topological polar surface area (TPSA) is 17.1 Å². The molecule has 0 amide bonds. The zero-order chi connectivity index (χ0) is 12.5. The molecule has 0 aromatic heterocycles. The second-order valence-corrected chi connectivity index (χ2v) is 5.22. The molecule has 1 aromatic rings. The molecule has 1 nitrogen and oxygen atoms in total. The monoisotopic (exact) mass is 228 g/mol. The summed E-state index contributed by atoms with van der Waals surface area (Å²) >= 11 is 0. The number of benzene rings is 1. The van der Waals surface area contributed by atoms with Crippen LogP contribution >= 0.6 is 0 Å². The van der Waals surface area contributed by atoms with E-state index >= 15 is 0 Å². The van der Waals surface area contributed by atoms with Gasteiger partial charge in [0.2, 0.25) is 0 Å². The van der Waals surface area contributed by atoms with Gasteiger partial charge in [-0.25, -0.2) is 0 Å². The second kappa shape index (κ2) is 4.48. The summed E-state index contributed by atoms with van der Waals surface area (Å²) in [5, 5.41) is 0. The number of rotatable bonds is 2. The Kier molecular flexibility index (Phi) is 3.19. The van der Waals surface area contributed by atoms with Crippen LogP contribution in [-0.2, 0) is 6.42 Å². The molecule has 2 rings (SSSR count). The van der Waals surface area contributed by atoms with Crippen molar-refractivity contribution in [1.29, 1.82) is 0 Å². The van der Waals surface area contributed by atoms with Crippen LogP contribution in [0.25, 0.3) is 0 Å². The minimum absolute atomic E-state index is 0.235. The first-order valence-corrected chi connectivity index (χ1v) is 6.35. The van der Waals surface area contributed by atoms with Gasteiger partial charge in [0.25, 0.3) is 0 Å². The first-order chi connectivity index (χ1) is 8.09. The number of Topliss-reactive ketones (excluding diaryl/α,β-unsaturated/α-hetero) is 1. The maximum Gasteiger partial charge on any atom is 0.169 e. The lowest BCUT2D eigenvalue weighted by Crippen LogP contribution is -2.38. The van der Waals surface area contributed by atoms with Crippen molar-refractivity contribution in [2.45, 2.75) is 33.6 Å². The fourth-order valence-electron chi connectivity index (χ4n) is 2.71. The van der Waals surface area contributed by atoms with Gasteiger partial charge < -0.3 is 0 Å². The van der Waals surface area contributed by atoms with Crippen LogP contribution in [0.1, 0.15) is 43.1 Å². The van der Waals surface area contributed by atoms with Gasteiger partial charge in [0.1, 0.15) is 0 Å². The van der Waals surface area contributed by atoms with Crippen LogP contribution in [0.15, 0.2) is 36.4 Å². The summed E-state index contributed by atoms with van der Waals surface area (Å²) in [6, 6.07) is 8.03.